The molecule has 2 N–H and O–H groups in total. The van der Waals surface area contributed by atoms with Crippen molar-refractivity contribution < 1.29 is 19.4 Å². The molecule has 0 aliphatic carbocycles. The third-order valence-electron chi connectivity index (χ3n) is 3.55. The molecule has 7 heteroatoms. The number of aliphatic carboxylic acids is 1. The van der Waals surface area contributed by atoms with Crippen molar-refractivity contribution >= 4 is 12.0 Å². The van der Waals surface area contributed by atoms with Crippen LogP contribution in [0.3, 0.4) is 0 Å². The Morgan fingerprint density at radius 2 is 2.16 bits per heavy atom. The number of nitrogens with one attached hydrogen (secondary N) is 1. The summed E-state index contributed by atoms with van der Waals surface area (Å²) in [7, 11) is 2.03. The summed E-state index contributed by atoms with van der Waals surface area (Å²) in [5.41, 5.74) is 0. The Hall–Kier alpha value is -1.34. The highest BCUT2D eigenvalue weighted by Crippen LogP contribution is 2.11. The number of ether oxygens (including phenoxy) is 1. The van der Waals surface area contributed by atoms with Crippen LogP contribution in [0.25, 0.3) is 0 Å². The molecule has 2 unspecified atom stereocenters. The molecule has 19 heavy (non-hydrogen) atoms. The van der Waals surface area contributed by atoms with Gasteiger partial charge in [-0.2, -0.15) is 0 Å². The topological polar surface area (TPSA) is 82.1 Å². The predicted octanol–water partition coefficient (Wildman–Crippen LogP) is -0.424. The molecule has 2 atom stereocenters. The van der Waals surface area contributed by atoms with Crippen LogP contribution in [0.15, 0.2) is 0 Å². The van der Waals surface area contributed by atoms with Crippen LogP contribution in [0.4, 0.5) is 4.79 Å². The number of carbonyl (C=O) groups is 2. The van der Waals surface area contributed by atoms with E-state index >= 15 is 0 Å². The molecular formula is C12H21N3O4. The third-order valence-corrected chi connectivity index (χ3v) is 3.55. The number of likely N-dealkylation sites (N-methyl/N-ethyl adjacent to an activating group) is 1. The van der Waals surface area contributed by atoms with E-state index in [9.17, 15) is 9.59 Å². The van der Waals surface area contributed by atoms with Gasteiger partial charge in [0.1, 0.15) is 0 Å². The number of likely N-dealkylation sites (tertiary alicyclic amines) is 1. The smallest absolute Gasteiger partial charge is 0.317 e. The molecule has 2 aliphatic heterocycles. The van der Waals surface area contributed by atoms with E-state index in [0.717, 1.165) is 19.5 Å². The molecular weight excluding hydrogens is 250 g/mol. The SMILES string of the molecule is CN1CCC(NC(=O)N2CCOC(CC(=O)O)C2)C1. The lowest BCUT2D eigenvalue weighted by molar-refractivity contribution is -0.141. The summed E-state index contributed by atoms with van der Waals surface area (Å²) in [5, 5.41) is 11.7. The first-order valence-electron chi connectivity index (χ1n) is 6.62. The zero-order valence-corrected chi connectivity index (χ0v) is 11.2. The fourth-order valence-electron chi connectivity index (χ4n) is 2.54. The summed E-state index contributed by atoms with van der Waals surface area (Å²) >= 11 is 0. The summed E-state index contributed by atoms with van der Waals surface area (Å²) in [6, 6.07) is 0.0808. The van der Waals surface area contributed by atoms with E-state index in [1.54, 1.807) is 4.90 Å². The minimum absolute atomic E-state index is 0.0596. The average Bonchev–Trinajstić information content (AvgIpc) is 2.74. The van der Waals surface area contributed by atoms with Crippen molar-refractivity contribution in [3.05, 3.63) is 0 Å². The Bertz CT molecular complexity index is 350. The monoisotopic (exact) mass is 271 g/mol. The summed E-state index contributed by atoms with van der Waals surface area (Å²) in [6.45, 7) is 3.13. The van der Waals surface area contributed by atoms with Gasteiger partial charge in [-0.15, -0.1) is 0 Å². The van der Waals surface area contributed by atoms with Crippen LogP contribution in [0.1, 0.15) is 12.8 Å². The molecule has 0 bridgehead atoms. The summed E-state index contributed by atoms with van der Waals surface area (Å²) in [4.78, 5) is 26.6. The standard InChI is InChI=1S/C12H21N3O4/c1-14-3-2-9(7-14)13-12(18)15-4-5-19-10(8-15)6-11(16)17/h9-10H,2-8H2,1H3,(H,13,18)(H,16,17). The van der Waals surface area contributed by atoms with E-state index in [0.29, 0.717) is 19.7 Å². The third kappa shape index (κ3) is 4.07. The van der Waals surface area contributed by atoms with E-state index in [1.165, 1.54) is 0 Å². The molecule has 2 aliphatic rings. The molecule has 0 saturated carbocycles. The molecule has 2 rings (SSSR count). The van der Waals surface area contributed by atoms with Gasteiger partial charge in [-0.05, 0) is 20.0 Å². The number of rotatable bonds is 3. The molecule has 2 amide bonds. The Kier molecular flexibility index (Phi) is 4.60. The van der Waals surface area contributed by atoms with E-state index in [1.807, 2.05) is 7.05 Å². The van der Waals surface area contributed by atoms with E-state index < -0.39 is 12.1 Å². The van der Waals surface area contributed by atoms with Crippen molar-refractivity contribution in [3.8, 4) is 0 Å². The number of urea groups is 1. The lowest BCUT2D eigenvalue weighted by atomic mass is 10.2. The zero-order valence-electron chi connectivity index (χ0n) is 11.2. The first kappa shape index (κ1) is 14.1. The molecule has 0 aromatic heterocycles. The number of hydrogen-bond donors (Lipinski definition) is 2. The summed E-state index contributed by atoms with van der Waals surface area (Å²) in [5.74, 6) is -0.898. The molecule has 7 nitrogen and oxygen atoms in total. The minimum Gasteiger partial charge on any atom is -0.481 e. The van der Waals surface area contributed by atoms with Gasteiger partial charge >= 0.3 is 12.0 Å². The fraction of sp³-hybridized carbons (Fsp3) is 0.833. The molecule has 2 heterocycles. The lowest BCUT2D eigenvalue weighted by Gasteiger charge is -2.33. The second-order valence-corrected chi connectivity index (χ2v) is 5.23. The number of hydrogen-bond acceptors (Lipinski definition) is 4. The van der Waals surface area contributed by atoms with Crippen molar-refractivity contribution in [2.45, 2.75) is 25.0 Å². The predicted molar refractivity (Wildman–Crippen MR) is 68.0 cm³/mol. The molecule has 0 aromatic carbocycles. The summed E-state index contributed by atoms with van der Waals surface area (Å²) in [6.07, 6.45) is 0.504. The average molecular weight is 271 g/mol. The van der Waals surface area contributed by atoms with Crippen LogP contribution < -0.4 is 5.32 Å². The maximum atomic E-state index is 12.1. The van der Waals surface area contributed by atoms with Gasteiger partial charge in [0, 0.05) is 25.7 Å². The van der Waals surface area contributed by atoms with Crippen molar-refractivity contribution in [3.63, 3.8) is 0 Å². The van der Waals surface area contributed by atoms with Crippen molar-refractivity contribution in [2.24, 2.45) is 0 Å². The van der Waals surface area contributed by atoms with Gasteiger partial charge in [0.25, 0.3) is 0 Å². The van der Waals surface area contributed by atoms with Crippen LogP contribution in [-0.4, -0.2) is 78.9 Å². The van der Waals surface area contributed by atoms with Gasteiger partial charge in [-0.3, -0.25) is 4.79 Å². The quantitative estimate of drug-likeness (QED) is 0.728. The molecule has 2 saturated heterocycles. The van der Waals surface area contributed by atoms with Gasteiger partial charge in [0.2, 0.25) is 0 Å². The Morgan fingerprint density at radius 3 is 2.79 bits per heavy atom. The minimum atomic E-state index is -0.898. The number of morpholine rings is 1. The van der Waals surface area contributed by atoms with Crippen LogP contribution in [0.5, 0.6) is 0 Å². The number of amides is 2. The van der Waals surface area contributed by atoms with Crippen molar-refractivity contribution in [1.29, 1.82) is 0 Å². The van der Waals surface area contributed by atoms with Crippen LogP contribution in [-0.2, 0) is 9.53 Å². The van der Waals surface area contributed by atoms with Crippen molar-refractivity contribution in [1.82, 2.24) is 15.1 Å². The molecule has 2 fully saturated rings. The largest absolute Gasteiger partial charge is 0.481 e. The Balaban J connectivity index is 1.80. The first-order valence-corrected chi connectivity index (χ1v) is 6.62. The second kappa shape index (κ2) is 6.21. The van der Waals surface area contributed by atoms with Crippen molar-refractivity contribution in [2.75, 3.05) is 39.8 Å². The van der Waals surface area contributed by atoms with Crippen LogP contribution >= 0.6 is 0 Å². The normalized spacial score (nSPS) is 28.4. The highest BCUT2D eigenvalue weighted by atomic mass is 16.5. The van der Waals surface area contributed by atoms with Gasteiger partial charge in [-0.25, -0.2) is 4.79 Å². The molecule has 0 spiro atoms. The number of carboxylic acids is 1. The second-order valence-electron chi connectivity index (χ2n) is 5.23. The van der Waals surface area contributed by atoms with Gasteiger partial charge in [-0.1, -0.05) is 0 Å². The molecule has 108 valence electrons. The maximum Gasteiger partial charge on any atom is 0.317 e. The summed E-state index contributed by atoms with van der Waals surface area (Å²) < 4.78 is 5.35. The highest BCUT2D eigenvalue weighted by molar-refractivity contribution is 5.75. The van der Waals surface area contributed by atoms with Gasteiger partial charge in [0.05, 0.1) is 19.1 Å². The van der Waals surface area contributed by atoms with Gasteiger partial charge < -0.3 is 25.0 Å². The number of nitrogens with zero attached hydrogens (tertiary/aromatic N) is 2. The molecule has 0 radical (unpaired) electrons. The number of carbonyl (C=O) groups excluding carboxylic acids is 1. The van der Waals surface area contributed by atoms with E-state index in [-0.39, 0.29) is 18.5 Å². The van der Waals surface area contributed by atoms with E-state index in [2.05, 4.69) is 10.2 Å². The van der Waals surface area contributed by atoms with Crippen LogP contribution in [0, 0.1) is 0 Å². The Labute approximate surface area is 112 Å². The zero-order chi connectivity index (χ0) is 13.8. The lowest BCUT2D eigenvalue weighted by Crippen LogP contribution is -2.52. The van der Waals surface area contributed by atoms with E-state index in [4.69, 9.17) is 9.84 Å². The number of carboxylic acid groups (broad SMARTS) is 1. The van der Waals surface area contributed by atoms with Gasteiger partial charge in [0.15, 0.2) is 0 Å². The first-order chi connectivity index (χ1) is 9.04. The maximum absolute atomic E-state index is 12.1. The fourth-order valence-corrected chi connectivity index (χ4v) is 2.54. The molecule has 0 aromatic rings. The highest BCUT2D eigenvalue weighted by Gasteiger charge is 2.28. The van der Waals surface area contributed by atoms with Crippen LogP contribution in [0.2, 0.25) is 0 Å². The Morgan fingerprint density at radius 1 is 1.37 bits per heavy atom.